The van der Waals surface area contributed by atoms with Gasteiger partial charge in [-0.1, -0.05) is 30.3 Å². The molecule has 0 radical (unpaired) electrons. The van der Waals surface area contributed by atoms with E-state index in [2.05, 4.69) is 5.32 Å². The van der Waals surface area contributed by atoms with Crippen molar-refractivity contribution in [3.8, 4) is 0 Å². The van der Waals surface area contributed by atoms with Crippen LogP contribution in [0.5, 0.6) is 0 Å². The number of benzene rings is 1. The van der Waals surface area contributed by atoms with Crippen LogP contribution in [0.3, 0.4) is 0 Å². The number of hydrogen-bond donors (Lipinski definition) is 1. The topological polar surface area (TPSA) is 92.8 Å². The highest BCUT2D eigenvalue weighted by Crippen LogP contribution is 2.35. The lowest BCUT2D eigenvalue weighted by molar-refractivity contribution is -0.152. The number of nitrogens with zero attached hydrogens (tertiary/aromatic N) is 1. The van der Waals surface area contributed by atoms with Crippen molar-refractivity contribution in [2.75, 3.05) is 12.9 Å². The summed E-state index contributed by atoms with van der Waals surface area (Å²) in [6.07, 6.45) is 0.128. The Bertz CT molecular complexity index is 789. The first-order chi connectivity index (χ1) is 11.9. The number of methoxy groups -OCH3 is 1. The molecule has 132 valence electrons. The van der Waals surface area contributed by atoms with Crippen LogP contribution in [0.1, 0.15) is 12.5 Å². The van der Waals surface area contributed by atoms with Gasteiger partial charge in [0.05, 0.1) is 24.3 Å². The zero-order valence-electron chi connectivity index (χ0n) is 13.9. The van der Waals surface area contributed by atoms with E-state index in [1.807, 2.05) is 30.3 Å². The summed E-state index contributed by atoms with van der Waals surface area (Å²) in [6.45, 7) is 1.65. The fraction of sp³-hybridized carbons (Fsp3) is 0.353. The van der Waals surface area contributed by atoms with Crippen molar-refractivity contribution in [3.63, 3.8) is 0 Å². The lowest BCUT2D eigenvalue weighted by atomic mass is 10.0. The molecule has 1 aromatic rings. The fourth-order valence-corrected chi connectivity index (χ4v) is 4.72. The molecule has 0 saturated carbocycles. The van der Waals surface area contributed by atoms with E-state index in [1.165, 1.54) is 12.0 Å². The molecule has 7 nitrogen and oxygen atoms in total. The normalized spacial score (nSPS) is 25.1. The number of nitrogens with one attached hydrogen (secondary N) is 1. The van der Waals surface area contributed by atoms with Gasteiger partial charge in [-0.3, -0.25) is 18.7 Å². The Balaban J connectivity index is 1.74. The Kier molecular flexibility index (Phi) is 4.71. The van der Waals surface area contributed by atoms with Crippen molar-refractivity contribution in [3.05, 3.63) is 47.2 Å². The summed E-state index contributed by atoms with van der Waals surface area (Å²) in [7, 11) is -0.158. The number of esters is 1. The zero-order valence-corrected chi connectivity index (χ0v) is 14.7. The Morgan fingerprint density at radius 1 is 1.32 bits per heavy atom. The van der Waals surface area contributed by atoms with Gasteiger partial charge in [-0.25, -0.2) is 4.79 Å². The molecular weight excluding hydrogens is 344 g/mol. The maximum atomic E-state index is 12.4. The largest absolute Gasteiger partial charge is 0.464 e. The Labute approximate surface area is 147 Å². The summed E-state index contributed by atoms with van der Waals surface area (Å²) in [5.74, 6) is -1.24. The molecule has 0 bridgehead atoms. The first kappa shape index (κ1) is 17.3. The van der Waals surface area contributed by atoms with Crippen LogP contribution in [0.15, 0.2) is 41.6 Å². The van der Waals surface area contributed by atoms with Crippen LogP contribution in [-0.4, -0.2) is 51.2 Å². The summed E-state index contributed by atoms with van der Waals surface area (Å²) >= 11 is 0. The Morgan fingerprint density at radius 3 is 2.64 bits per heavy atom. The Hall–Kier alpha value is -2.48. The smallest absolute Gasteiger partial charge is 0.354 e. The molecular formula is C17H18N2O5S. The average molecular weight is 362 g/mol. The first-order valence-electron chi connectivity index (χ1n) is 7.75. The van der Waals surface area contributed by atoms with Crippen LogP contribution in [0, 0.1) is 0 Å². The van der Waals surface area contributed by atoms with E-state index >= 15 is 0 Å². The molecule has 25 heavy (non-hydrogen) atoms. The quantitative estimate of drug-likeness (QED) is 0.605. The summed E-state index contributed by atoms with van der Waals surface area (Å²) in [5, 5.41) is 1.91. The summed E-state index contributed by atoms with van der Waals surface area (Å²) in [4.78, 5) is 37.8. The minimum Gasteiger partial charge on any atom is -0.464 e. The molecule has 8 heteroatoms. The minimum absolute atomic E-state index is 0.128. The maximum absolute atomic E-state index is 12.4. The first-order valence-corrected chi connectivity index (χ1v) is 9.14. The lowest BCUT2D eigenvalue weighted by Gasteiger charge is -2.49. The maximum Gasteiger partial charge on any atom is 0.354 e. The monoisotopic (exact) mass is 362 g/mol. The highest BCUT2D eigenvalue weighted by molar-refractivity contribution is 7.86. The van der Waals surface area contributed by atoms with Gasteiger partial charge < -0.3 is 10.1 Å². The van der Waals surface area contributed by atoms with Crippen LogP contribution in [-0.2, 0) is 36.3 Å². The van der Waals surface area contributed by atoms with Crippen molar-refractivity contribution >= 4 is 28.6 Å². The van der Waals surface area contributed by atoms with Crippen molar-refractivity contribution in [2.45, 2.75) is 24.8 Å². The third kappa shape index (κ3) is 3.09. The van der Waals surface area contributed by atoms with Crippen LogP contribution in [0.4, 0.5) is 0 Å². The molecule has 0 aliphatic carbocycles. The second kappa shape index (κ2) is 6.79. The van der Waals surface area contributed by atoms with E-state index in [9.17, 15) is 18.6 Å². The number of carbonyl (C=O) groups excluding carboxylic acids is 3. The van der Waals surface area contributed by atoms with Crippen molar-refractivity contribution < 1.29 is 23.3 Å². The number of ether oxygens (including phenoxy) is 1. The lowest BCUT2D eigenvalue weighted by Crippen LogP contribution is -2.73. The number of β-lactam (4-membered cyclic amide) rings is 1. The predicted octanol–water partition coefficient (Wildman–Crippen LogP) is 0.0915. The standard InChI is InChI=1S/C17H18N2O5S/c1-10-9-25(23)16-13(15(21)19(16)14(10)17(22)24-2)18-12(20)8-11-6-4-3-5-7-11/h3-7,13,16H,8-9H2,1-2H3,(H,18,20)/t13?,16-,25?/m0/s1. The third-order valence-electron chi connectivity index (χ3n) is 4.22. The third-order valence-corrected chi connectivity index (χ3v) is 5.96. The summed E-state index contributed by atoms with van der Waals surface area (Å²) < 4.78 is 17.1. The molecule has 2 aliphatic heterocycles. The van der Waals surface area contributed by atoms with Gasteiger partial charge in [0.25, 0.3) is 5.91 Å². The van der Waals surface area contributed by atoms with Crippen LogP contribution >= 0.6 is 0 Å². The zero-order chi connectivity index (χ0) is 18.1. The minimum atomic E-state index is -1.39. The molecule has 1 fully saturated rings. The van der Waals surface area contributed by atoms with Gasteiger partial charge in [-0.15, -0.1) is 0 Å². The van der Waals surface area contributed by atoms with Gasteiger partial charge in [-0.2, -0.15) is 0 Å². The Morgan fingerprint density at radius 2 is 2.00 bits per heavy atom. The van der Waals surface area contributed by atoms with Gasteiger partial charge in [0.2, 0.25) is 5.91 Å². The number of carbonyl (C=O) groups is 3. The van der Waals surface area contributed by atoms with Crippen molar-refractivity contribution in [2.24, 2.45) is 0 Å². The number of amides is 2. The van der Waals surface area contributed by atoms with Crippen LogP contribution in [0.2, 0.25) is 0 Å². The number of hydrogen-bond acceptors (Lipinski definition) is 5. The molecule has 2 amide bonds. The molecule has 1 N–H and O–H groups in total. The molecule has 0 aromatic heterocycles. The van der Waals surface area contributed by atoms with E-state index in [-0.39, 0.29) is 23.8 Å². The van der Waals surface area contributed by atoms with Gasteiger partial charge >= 0.3 is 5.97 Å². The van der Waals surface area contributed by atoms with E-state index in [1.54, 1.807) is 6.92 Å². The van der Waals surface area contributed by atoms with Crippen LogP contribution in [0.25, 0.3) is 0 Å². The van der Waals surface area contributed by atoms with E-state index < -0.39 is 34.1 Å². The predicted molar refractivity (Wildman–Crippen MR) is 90.4 cm³/mol. The van der Waals surface area contributed by atoms with Crippen molar-refractivity contribution in [1.29, 1.82) is 0 Å². The van der Waals surface area contributed by atoms with E-state index in [0.29, 0.717) is 5.57 Å². The van der Waals surface area contributed by atoms with Gasteiger partial charge in [-0.05, 0) is 18.1 Å². The molecule has 3 atom stereocenters. The number of rotatable bonds is 4. The second-order valence-corrected chi connectivity index (χ2v) is 7.49. The summed E-state index contributed by atoms with van der Waals surface area (Å²) in [6, 6.07) is 8.24. The van der Waals surface area contributed by atoms with Gasteiger partial charge in [0, 0.05) is 5.75 Å². The SMILES string of the molecule is COC(=O)C1=C(C)CS(=O)[C@H]2C(NC(=O)Cc3ccccc3)C(=O)N12. The highest BCUT2D eigenvalue weighted by Gasteiger charge is 2.56. The molecule has 1 aromatic carbocycles. The summed E-state index contributed by atoms with van der Waals surface area (Å²) in [5.41, 5.74) is 1.49. The fourth-order valence-electron chi connectivity index (χ4n) is 3.05. The highest BCUT2D eigenvalue weighted by atomic mass is 32.2. The molecule has 2 aliphatic rings. The van der Waals surface area contributed by atoms with Crippen LogP contribution < -0.4 is 5.32 Å². The molecule has 2 unspecified atom stereocenters. The molecule has 1 saturated heterocycles. The van der Waals surface area contributed by atoms with Gasteiger partial charge in [0.1, 0.15) is 17.1 Å². The number of fused-ring (bicyclic) bond motifs is 1. The van der Waals surface area contributed by atoms with E-state index in [0.717, 1.165) is 5.56 Å². The van der Waals surface area contributed by atoms with E-state index in [4.69, 9.17) is 4.74 Å². The molecule has 3 rings (SSSR count). The average Bonchev–Trinajstić information content (AvgIpc) is 2.59. The second-order valence-electron chi connectivity index (χ2n) is 5.95. The molecule has 2 heterocycles. The molecule has 0 spiro atoms. The van der Waals surface area contributed by atoms with Crippen molar-refractivity contribution in [1.82, 2.24) is 10.2 Å². The van der Waals surface area contributed by atoms with Gasteiger partial charge in [0.15, 0.2) is 0 Å².